The number of aromatic nitrogens is 2. The maximum atomic E-state index is 5.64. The number of fused-ring (bicyclic) bond motifs is 1. The van der Waals surface area contributed by atoms with E-state index in [0.717, 1.165) is 33.5 Å². The van der Waals surface area contributed by atoms with Crippen LogP contribution in [0.1, 0.15) is 5.69 Å². The summed E-state index contributed by atoms with van der Waals surface area (Å²) in [6, 6.07) is 11.8. The lowest BCUT2D eigenvalue weighted by Gasteiger charge is -2.10. The first-order valence-electron chi connectivity index (χ1n) is 6.35. The molecule has 4 nitrogen and oxygen atoms in total. The van der Waals surface area contributed by atoms with Crippen LogP contribution in [0.4, 0.5) is 5.82 Å². The topological polar surface area (TPSA) is 61.0 Å². The number of hydrogen-bond acceptors (Lipinski definition) is 4. The van der Waals surface area contributed by atoms with Crippen LogP contribution < -0.4 is 10.5 Å². The van der Waals surface area contributed by atoms with E-state index < -0.39 is 0 Å². The Bertz CT molecular complexity index is 767. The van der Waals surface area contributed by atoms with E-state index in [1.165, 1.54) is 0 Å². The Labute approximate surface area is 117 Å². The van der Waals surface area contributed by atoms with Crippen molar-refractivity contribution >= 4 is 16.7 Å². The van der Waals surface area contributed by atoms with Crippen LogP contribution in [0, 0.1) is 6.92 Å². The summed E-state index contributed by atoms with van der Waals surface area (Å²) >= 11 is 0. The van der Waals surface area contributed by atoms with Gasteiger partial charge in [0.05, 0.1) is 7.11 Å². The van der Waals surface area contributed by atoms with Gasteiger partial charge in [-0.15, -0.1) is 0 Å². The maximum Gasteiger partial charge on any atom is 0.145 e. The third-order valence-corrected chi connectivity index (χ3v) is 3.28. The Morgan fingerprint density at radius 3 is 2.60 bits per heavy atom. The van der Waals surface area contributed by atoms with Gasteiger partial charge in [0.25, 0.3) is 0 Å². The number of nitrogens with zero attached hydrogens (tertiary/aromatic N) is 2. The molecule has 0 aliphatic heterocycles. The number of methoxy groups -OCH3 is 1. The Morgan fingerprint density at radius 2 is 1.90 bits per heavy atom. The van der Waals surface area contributed by atoms with Crippen LogP contribution in [0.2, 0.25) is 0 Å². The maximum absolute atomic E-state index is 5.64. The van der Waals surface area contributed by atoms with E-state index in [2.05, 4.69) is 16.0 Å². The van der Waals surface area contributed by atoms with Crippen molar-refractivity contribution in [3.8, 4) is 16.9 Å². The normalized spacial score (nSPS) is 10.7. The largest absolute Gasteiger partial charge is 0.494 e. The van der Waals surface area contributed by atoms with Crippen LogP contribution in [0.15, 0.2) is 42.6 Å². The molecule has 2 aromatic heterocycles. The predicted octanol–water partition coefficient (Wildman–Crippen LogP) is 3.20. The number of anilines is 1. The molecule has 0 bridgehead atoms. The van der Waals surface area contributed by atoms with Gasteiger partial charge in [0.2, 0.25) is 0 Å². The first kappa shape index (κ1) is 12.4. The van der Waals surface area contributed by atoms with Gasteiger partial charge < -0.3 is 10.5 Å². The van der Waals surface area contributed by atoms with Gasteiger partial charge >= 0.3 is 0 Å². The number of ether oxygens (including phenoxy) is 1. The SMILES string of the molecule is COc1ccc(-c2ccc(N)nc2)c2ccc(C)nc12. The molecular formula is C16H15N3O. The van der Waals surface area contributed by atoms with E-state index >= 15 is 0 Å². The van der Waals surface area contributed by atoms with Crippen LogP contribution in [-0.4, -0.2) is 17.1 Å². The quantitative estimate of drug-likeness (QED) is 0.773. The highest BCUT2D eigenvalue weighted by molar-refractivity contribution is 5.97. The number of hydrogen-bond donors (Lipinski definition) is 1. The summed E-state index contributed by atoms with van der Waals surface area (Å²) in [6.45, 7) is 1.97. The third kappa shape index (κ3) is 2.05. The summed E-state index contributed by atoms with van der Waals surface area (Å²) < 4.78 is 5.39. The van der Waals surface area contributed by atoms with E-state index in [1.807, 2.05) is 31.2 Å². The molecule has 0 saturated carbocycles. The zero-order valence-corrected chi connectivity index (χ0v) is 11.4. The van der Waals surface area contributed by atoms with Crippen molar-refractivity contribution in [2.24, 2.45) is 0 Å². The van der Waals surface area contributed by atoms with Crippen molar-refractivity contribution in [1.29, 1.82) is 0 Å². The summed E-state index contributed by atoms with van der Waals surface area (Å²) in [5.41, 5.74) is 9.55. The number of nitrogens with two attached hydrogens (primary N) is 1. The van der Waals surface area contributed by atoms with Crippen molar-refractivity contribution in [3.63, 3.8) is 0 Å². The molecule has 3 aromatic rings. The number of nitrogen functional groups attached to an aromatic ring is 1. The van der Waals surface area contributed by atoms with Gasteiger partial charge in [-0.05, 0) is 42.8 Å². The minimum atomic E-state index is 0.514. The second-order valence-electron chi connectivity index (χ2n) is 4.64. The molecule has 0 unspecified atom stereocenters. The highest BCUT2D eigenvalue weighted by Gasteiger charge is 2.10. The summed E-state index contributed by atoms with van der Waals surface area (Å²) in [5, 5.41) is 1.04. The van der Waals surface area contributed by atoms with Crippen molar-refractivity contribution in [2.75, 3.05) is 12.8 Å². The molecule has 4 heteroatoms. The van der Waals surface area contributed by atoms with Crippen LogP contribution in [0.25, 0.3) is 22.0 Å². The number of aryl methyl sites for hydroxylation is 1. The molecule has 20 heavy (non-hydrogen) atoms. The van der Waals surface area contributed by atoms with Gasteiger partial charge in [0, 0.05) is 22.8 Å². The molecule has 0 atom stereocenters. The van der Waals surface area contributed by atoms with E-state index in [0.29, 0.717) is 5.82 Å². The van der Waals surface area contributed by atoms with Crippen molar-refractivity contribution < 1.29 is 4.74 Å². The number of pyridine rings is 2. The van der Waals surface area contributed by atoms with E-state index in [9.17, 15) is 0 Å². The molecule has 0 spiro atoms. The minimum Gasteiger partial charge on any atom is -0.494 e. The molecule has 0 fully saturated rings. The molecule has 0 amide bonds. The van der Waals surface area contributed by atoms with Gasteiger partial charge in [-0.2, -0.15) is 0 Å². The molecule has 2 N–H and O–H groups in total. The lowest BCUT2D eigenvalue weighted by Crippen LogP contribution is -1.93. The first-order chi connectivity index (χ1) is 9.69. The fourth-order valence-electron chi connectivity index (χ4n) is 2.27. The second kappa shape index (κ2) is 4.81. The Hall–Kier alpha value is -2.62. The van der Waals surface area contributed by atoms with Crippen molar-refractivity contribution in [2.45, 2.75) is 6.92 Å². The van der Waals surface area contributed by atoms with Crippen molar-refractivity contribution in [3.05, 3.63) is 48.3 Å². The highest BCUT2D eigenvalue weighted by atomic mass is 16.5. The van der Waals surface area contributed by atoms with Gasteiger partial charge in [0.15, 0.2) is 0 Å². The predicted molar refractivity (Wildman–Crippen MR) is 80.7 cm³/mol. The zero-order chi connectivity index (χ0) is 14.1. The number of benzene rings is 1. The lowest BCUT2D eigenvalue weighted by atomic mass is 10.0. The van der Waals surface area contributed by atoms with Crippen LogP contribution in [-0.2, 0) is 0 Å². The first-order valence-corrected chi connectivity index (χ1v) is 6.35. The molecular weight excluding hydrogens is 250 g/mol. The lowest BCUT2D eigenvalue weighted by molar-refractivity contribution is 0.419. The van der Waals surface area contributed by atoms with E-state index in [1.54, 1.807) is 19.4 Å². The van der Waals surface area contributed by atoms with E-state index in [4.69, 9.17) is 10.5 Å². The molecule has 0 aliphatic rings. The molecule has 1 aromatic carbocycles. The van der Waals surface area contributed by atoms with E-state index in [-0.39, 0.29) is 0 Å². The van der Waals surface area contributed by atoms with Gasteiger partial charge in [0.1, 0.15) is 17.1 Å². The molecule has 0 saturated heterocycles. The average molecular weight is 265 g/mol. The summed E-state index contributed by atoms with van der Waals surface area (Å²) in [4.78, 5) is 8.73. The van der Waals surface area contributed by atoms with Crippen LogP contribution in [0.5, 0.6) is 5.75 Å². The molecule has 3 rings (SSSR count). The zero-order valence-electron chi connectivity index (χ0n) is 11.4. The fourth-order valence-corrected chi connectivity index (χ4v) is 2.27. The van der Waals surface area contributed by atoms with Crippen LogP contribution >= 0.6 is 0 Å². The van der Waals surface area contributed by atoms with Gasteiger partial charge in [-0.1, -0.05) is 6.07 Å². The third-order valence-electron chi connectivity index (χ3n) is 3.28. The van der Waals surface area contributed by atoms with Gasteiger partial charge in [-0.3, -0.25) is 0 Å². The van der Waals surface area contributed by atoms with Gasteiger partial charge in [-0.25, -0.2) is 9.97 Å². The summed E-state index contributed by atoms with van der Waals surface area (Å²) in [5.74, 6) is 1.29. The Morgan fingerprint density at radius 1 is 1.05 bits per heavy atom. The minimum absolute atomic E-state index is 0.514. The second-order valence-corrected chi connectivity index (χ2v) is 4.64. The molecule has 0 aliphatic carbocycles. The standard InChI is InChI=1S/C16H15N3O/c1-10-3-5-13-12(11-4-8-15(17)18-9-11)6-7-14(20-2)16(13)19-10/h3-9H,1-2H3,(H2,17,18). The smallest absolute Gasteiger partial charge is 0.145 e. The number of rotatable bonds is 2. The van der Waals surface area contributed by atoms with Crippen LogP contribution in [0.3, 0.4) is 0 Å². The van der Waals surface area contributed by atoms with Crippen molar-refractivity contribution in [1.82, 2.24) is 9.97 Å². The molecule has 0 radical (unpaired) electrons. The highest BCUT2D eigenvalue weighted by Crippen LogP contribution is 2.33. The Kier molecular flexibility index (Phi) is 2.99. The summed E-state index contributed by atoms with van der Waals surface area (Å²) in [7, 11) is 1.66. The molecule has 2 heterocycles. The molecule has 100 valence electrons. The fraction of sp³-hybridized carbons (Fsp3) is 0.125. The Balaban J connectivity index is 2.29. The monoisotopic (exact) mass is 265 g/mol. The average Bonchev–Trinajstić information content (AvgIpc) is 2.47. The summed E-state index contributed by atoms with van der Waals surface area (Å²) in [6.07, 6.45) is 1.77.